The van der Waals surface area contributed by atoms with Crippen LogP contribution in [0.3, 0.4) is 0 Å². The molecule has 0 saturated carbocycles. The van der Waals surface area contributed by atoms with E-state index in [1.165, 1.54) is 0 Å². The molecule has 5 nitrogen and oxygen atoms in total. The van der Waals surface area contributed by atoms with Gasteiger partial charge in [-0.3, -0.25) is 4.79 Å². The molecule has 4 rings (SSSR count). The Morgan fingerprint density at radius 3 is 2.79 bits per heavy atom. The Bertz CT molecular complexity index is 920. The zero-order valence-electron chi connectivity index (χ0n) is 13.1. The first kappa shape index (κ1) is 15.2. The Kier molecular flexibility index (Phi) is 3.57. The second-order valence-corrected chi connectivity index (χ2v) is 7.97. The number of fused-ring (bicyclic) bond motifs is 2. The fourth-order valence-electron chi connectivity index (χ4n) is 3.26. The lowest BCUT2D eigenvalue weighted by atomic mass is 10.1. The molecule has 0 unspecified atom stereocenters. The average Bonchev–Trinajstić information content (AvgIpc) is 3.01. The van der Waals surface area contributed by atoms with Crippen LogP contribution >= 0.6 is 0 Å². The molecule has 2 aromatic carbocycles. The Morgan fingerprint density at radius 1 is 1.08 bits per heavy atom. The number of hydrogen-bond acceptors (Lipinski definition) is 4. The van der Waals surface area contributed by atoms with Crippen molar-refractivity contribution in [3.8, 4) is 5.75 Å². The molecule has 1 amide bonds. The largest absolute Gasteiger partial charge is 0.493 e. The van der Waals surface area contributed by atoms with Crippen LogP contribution in [-0.4, -0.2) is 31.8 Å². The van der Waals surface area contributed by atoms with Gasteiger partial charge in [0.2, 0.25) is 10.0 Å². The third kappa shape index (κ3) is 2.57. The summed E-state index contributed by atoms with van der Waals surface area (Å²) in [7, 11) is -3.61. The van der Waals surface area contributed by atoms with E-state index in [0.29, 0.717) is 24.2 Å². The summed E-state index contributed by atoms with van der Waals surface area (Å²) in [5.41, 5.74) is 3.22. The van der Waals surface area contributed by atoms with Crippen molar-refractivity contribution < 1.29 is 17.9 Å². The Morgan fingerprint density at radius 2 is 1.92 bits per heavy atom. The van der Waals surface area contributed by atoms with Crippen molar-refractivity contribution in [3.63, 3.8) is 0 Å². The number of rotatable bonds is 3. The maximum atomic E-state index is 12.6. The third-order valence-electron chi connectivity index (χ3n) is 4.51. The van der Waals surface area contributed by atoms with Gasteiger partial charge in [-0.05, 0) is 35.2 Å². The molecule has 124 valence electrons. The van der Waals surface area contributed by atoms with Crippen molar-refractivity contribution in [2.24, 2.45) is 0 Å². The molecule has 24 heavy (non-hydrogen) atoms. The maximum Gasteiger partial charge on any atom is 0.267 e. The van der Waals surface area contributed by atoms with Crippen molar-refractivity contribution in [2.45, 2.75) is 18.6 Å². The van der Waals surface area contributed by atoms with Crippen molar-refractivity contribution in [2.75, 3.05) is 13.2 Å². The van der Waals surface area contributed by atoms with E-state index in [1.54, 1.807) is 24.3 Å². The zero-order chi connectivity index (χ0) is 16.7. The molecular weight excluding hydrogens is 326 g/mol. The van der Waals surface area contributed by atoms with Crippen molar-refractivity contribution in [3.05, 3.63) is 64.7 Å². The molecule has 2 aliphatic rings. The van der Waals surface area contributed by atoms with Gasteiger partial charge >= 0.3 is 0 Å². The first-order valence-electron chi connectivity index (χ1n) is 7.92. The van der Waals surface area contributed by atoms with Gasteiger partial charge in [-0.2, -0.15) is 0 Å². The molecule has 0 N–H and O–H groups in total. The van der Waals surface area contributed by atoms with Crippen LogP contribution in [-0.2, 0) is 28.6 Å². The van der Waals surface area contributed by atoms with E-state index in [1.807, 2.05) is 18.2 Å². The number of carbonyl (C=O) groups is 1. The standard InChI is InChI=1S/C18H17NO4S/c20-18-16-4-2-1-3-15(16)12-24(21,22)19(18)9-7-13-5-6-17-14(11-13)8-10-23-17/h1-6,11H,7-10,12H2. The van der Waals surface area contributed by atoms with E-state index in [0.717, 1.165) is 27.6 Å². The predicted molar refractivity (Wildman–Crippen MR) is 89.4 cm³/mol. The highest BCUT2D eigenvalue weighted by molar-refractivity contribution is 7.89. The normalized spacial score (nSPS) is 18.0. The Labute approximate surface area is 140 Å². The summed E-state index contributed by atoms with van der Waals surface area (Å²) in [4.78, 5) is 12.6. The van der Waals surface area contributed by atoms with Gasteiger partial charge in [0.25, 0.3) is 5.91 Å². The number of ether oxygens (including phenoxy) is 1. The first-order chi connectivity index (χ1) is 11.5. The van der Waals surface area contributed by atoms with Gasteiger partial charge in [-0.15, -0.1) is 0 Å². The predicted octanol–water partition coefficient (Wildman–Crippen LogP) is 2.15. The van der Waals surface area contributed by atoms with Crippen LogP contribution in [0.25, 0.3) is 0 Å². The number of hydrogen-bond donors (Lipinski definition) is 0. The minimum atomic E-state index is -3.61. The second-order valence-electron chi connectivity index (χ2n) is 6.08. The SMILES string of the molecule is O=C1c2ccccc2CS(=O)(=O)N1CCc1ccc2c(c1)CCO2. The lowest BCUT2D eigenvalue weighted by Crippen LogP contribution is -2.43. The molecule has 0 aromatic heterocycles. The monoisotopic (exact) mass is 343 g/mol. The van der Waals surface area contributed by atoms with Gasteiger partial charge in [0.05, 0.1) is 12.4 Å². The molecule has 0 radical (unpaired) electrons. The van der Waals surface area contributed by atoms with Crippen molar-refractivity contribution in [1.82, 2.24) is 4.31 Å². The van der Waals surface area contributed by atoms with E-state index < -0.39 is 15.9 Å². The lowest BCUT2D eigenvalue weighted by Gasteiger charge is -2.28. The molecule has 0 atom stereocenters. The second kappa shape index (κ2) is 5.63. The number of amides is 1. The van der Waals surface area contributed by atoms with Gasteiger partial charge < -0.3 is 4.74 Å². The fraction of sp³-hybridized carbons (Fsp3) is 0.278. The molecule has 2 heterocycles. The summed E-state index contributed by atoms with van der Waals surface area (Å²) >= 11 is 0. The smallest absolute Gasteiger partial charge is 0.267 e. The van der Waals surface area contributed by atoms with Crippen LogP contribution in [0.5, 0.6) is 5.75 Å². The number of sulfonamides is 1. The van der Waals surface area contributed by atoms with Crippen LogP contribution < -0.4 is 4.74 Å². The zero-order valence-corrected chi connectivity index (χ0v) is 13.9. The van der Waals surface area contributed by atoms with E-state index in [4.69, 9.17) is 4.74 Å². The molecule has 0 bridgehead atoms. The minimum Gasteiger partial charge on any atom is -0.493 e. The first-order valence-corrected chi connectivity index (χ1v) is 9.53. The highest BCUT2D eigenvalue weighted by atomic mass is 32.2. The minimum absolute atomic E-state index is 0.118. The summed E-state index contributed by atoms with van der Waals surface area (Å²) in [6.07, 6.45) is 1.37. The van der Waals surface area contributed by atoms with Crippen LogP contribution in [0.1, 0.15) is 27.0 Å². The Hall–Kier alpha value is -2.34. The lowest BCUT2D eigenvalue weighted by molar-refractivity contribution is 0.0857. The molecule has 6 heteroatoms. The molecular formula is C18H17NO4S. The molecule has 0 spiro atoms. The maximum absolute atomic E-state index is 12.6. The molecule has 0 aliphatic carbocycles. The summed E-state index contributed by atoms with van der Waals surface area (Å²) in [6.45, 7) is 0.851. The fourth-order valence-corrected chi connectivity index (χ4v) is 4.78. The third-order valence-corrected chi connectivity index (χ3v) is 6.20. The van der Waals surface area contributed by atoms with Gasteiger partial charge in [-0.1, -0.05) is 30.3 Å². The number of nitrogens with zero attached hydrogens (tertiary/aromatic N) is 1. The number of benzene rings is 2. The van der Waals surface area contributed by atoms with Gasteiger partial charge in [0, 0.05) is 18.5 Å². The van der Waals surface area contributed by atoms with E-state index in [9.17, 15) is 13.2 Å². The van der Waals surface area contributed by atoms with Crippen LogP contribution in [0.15, 0.2) is 42.5 Å². The molecule has 0 saturated heterocycles. The summed E-state index contributed by atoms with van der Waals surface area (Å²) < 4.78 is 31.4. The summed E-state index contributed by atoms with van der Waals surface area (Å²) in [6, 6.07) is 12.8. The van der Waals surface area contributed by atoms with Crippen LogP contribution in [0, 0.1) is 0 Å². The number of carbonyl (C=O) groups excluding carboxylic acids is 1. The van der Waals surface area contributed by atoms with Crippen molar-refractivity contribution in [1.29, 1.82) is 0 Å². The van der Waals surface area contributed by atoms with E-state index in [2.05, 4.69) is 0 Å². The molecule has 2 aromatic rings. The topological polar surface area (TPSA) is 63.7 Å². The van der Waals surface area contributed by atoms with E-state index >= 15 is 0 Å². The van der Waals surface area contributed by atoms with Crippen molar-refractivity contribution >= 4 is 15.9 Å². The highest BCUT2D eigenvalue weighted by Crippen LogP contribution is 2.27. The van der Waals surface area contributed by atoms with Gasteiger partial charge in [-0.25, -0.2) is 12.7 Å². The molecule has 0 fully saturated rings. The van der Waals surface area contributed by atoms with Crippen LogP contribution in [0.2, 0.25) is 0 Å². The Balaban J connectivity index is 1.57. The van der Waals surface area contributed by atoms with Crippen LogP contribution in [0.4, 0.5) is 0 Å². The van der Waals surface area contributed by atoms with Gasteiger partial charge in [0.1, 0.15) is 5.75 Å². The van der Waals surface area contributed by atoms with Gasteiger partial charge in [0.15, 0.2) is 0 Å². The van der Waals surface area contributed by atoms with E-state index in [-0.39, 0.29) is 12.3 Å². The molecule has 2 aliphatic heterocycles. The summed E-state index contributed by atoms with van der Waals surface area (Å²) in [5.74, 6) is 0.350. The average molecular weight is 343 g/mol. The quantitative estimate of drug-likeness (QED) is 0.857. The highest BCUT2D eigenvalue weighted by Gasteiger charge is 2.35. The summed E-state index contributed by atoms with van der Waals surface area (Å²) in [5, 5.41) is 0.